The van der Waals surface area contributed by atoms with Crippen LogP contribution in [0.5, 0.6) is 0 Å². The number of nitrogens with one attached hydrogen (secondary N) is 1. The molecule has 1 aromatic carbocycles. The number of aliphatic hydroxyl groups is 1. The van der Waals surface area contributed by atoms with Gasteiger partial charge in [-0.1, -0.05) is 0 Å². The summed E-state index contributed by atoms with van der Waals surface area (Å²) in [4.78, 5) is 10.9. The third-order valence-electron chi connectivity index (χ3n) is 2.63. The second-order valence-corrected chi connectivity index (χ2v) is 7.75. The van der Waals surface area contributed by atoms with Crippen molar-refractivity contribution in [1.29, 1.82) is 0 Å². The summed E-state index contributed by atoms with van der Waals surface area (Å²) in [5, 5.41) is 17.9. The summed E-state index contributed by atoms with van der Waals surface area (Å²) in [7, 11) is -3.84. The number of rotatable bonds is 6. The number of carboxylic acid groups (broad SMARTS) is 1. The van der Waals surface area contributed by atoms with Crippen LogP contribution in [0.1, 0.15) is 30.6 Å². The van der Waals surface area contributed by atoms with E-state index in [2.05, 4.69) is 4.72 Å². The molecule has 0 atom stereocenters. The van der Waals surface area contributed by atoms with Gasteiger partial charge in [-0.05, 0) is 61.1 Å². The second-order valence-electron chi connectivity index (χ2n) is 4.91. The highest BCUT2D eigenvalue weighted by Gasteiger charge is 2.26. The van der Waals surface area contributed by atoms with Crippen molar-refractivity contribution in [2.75, 3.05) is 6.61 Å². The predicted octanol–water partition coefficient (Wildman–Crippen LogP) is 1.43. The highest BCUT2D eigenvalue weighted by molar-refractivity contribution is 14.1. The van der Waals surface area contributed by atoms with Gasteiger partial charge in [-0.3, -0.25) is 0 Å². The van der Waals surface area contributed by atoms with E-state index in [-0.39, 0.29) is 23.5 Å². The first kappa shape index (κ1) is 17.3. The predicted molar refractivity (Wildman–Crippen MR) is 82.2 cm³/mol. The van der Waals surface area contributed by atoms with Crippen LogP contribution in [0, 0.1) is 3.57 Å². The minimum atomic E-state index is -3.84. The minimum absolute atomic E-state index is 0.0616. The SMILES string of the molecule is CC(C)(CCO)NS(=O)(=O)c1ccc(I)c(C(=O)O)c1. The smallest absolute Gasteiger partial charge is 0.336 e. The zero-order valence-electron chi connectivity index (χ0n) is 11.1. The molecule has 0 aliphatic heterocycles. The van der Waals surface area contributed by atoms with Gasteiger partial charge in [0.25, 0.3) is 0 Å². The summed E-state index contributed by atoms with van der Waals surface area (Å²) in [5.41, 5.74) is -0.881. The van der Waals surface area contributed by atoms with Crippen molar-refractivity contribution in [3.05, 3.63) is 27.3 Å². The summed E-state index contributed by atoms with van der Waals surface area (Å²) in [6, 6.07) is 3.92. The summed E-state index contributed by atoms with van der Waals surface area (Å²) in [6.07, 6.45) is 0.252. The van der Waals surface area contributed by atoms with Crippen molar-refractivity contribution in [3.63, 3.8) is 0 Å². The van der Waals surface area contributed by atoms with E-state index in [1.165, 1.54) is 12.1 Å². The zero-order chi connectivity index (χ0) is 15.6. The van der Waals surface area contributed by atoms with Crippen LogP contribution in [0.2, 0.25) is 0 Å². The van der Waals surface area contributed by atoms with Gasteiger partial charge in [0.15, 0.2) is 0 Å². The van der Waals surface area contributed by atoms with E-state index in [0.29, 0.717) is 3.57 Å². The Morgan fingerprint density at radius 3 is 2.50 bits per heavy atom. The number of carbonyl (C=O) groups is 1. The van der Waals surface area contributed by atoms with Gasteiger partial charge in [0.2, 0.25) is 10.0 Å². The molecule has 0 radical (unpaired) electrons. The topological polar surface area (TPSA) is 104 Å². The molecule has 0 fully saturated rings. The van der Waals surface area contributed by atoms with Gasteiger partial charge in [-0.2, -0.15) is 0 Å². The van der Waals surface area contributed by atoms with E-state index >= 15 is 0 Å². The van der Waals surface area contributed by atoms with E-state index < -0.39 is 21.5 Å². The number of aromatic carboxylic acids is 1. The van der Waals surface area contributed by atoms with E-state index in [1.54, 1.807) is 13.8 Å². The van der Waals surface area contributed by atoms with Crippen LogP contribution < -0.4 is 4.72 Å². The van der Waals surface area contributed by atoms with Gasteiger partial charge in [-0.25, -0.2) is 17.9 Å². The van der Waals surface area contributed by atoms with Crippen molar-refractivity contribution >= 4 is 38.6 Å². The van der Waals surface area contributed by atoms with Crippen molar-refractivity contribution < 1.29 is 23.4 Å². The second kappa shape index (κ2) is 6.37. The Morgan fingerprint density at radius 1 is 1.40 bits per heavy atom. The lowest BCUT2D eigenvalue weighted by Gasteiger charge is -2.25. The maximum Gasteiger partial charge on any atom is 0.336 e. The summed E-state index contributed by atoms with van der Waals surface area (Å²) < 4.78 is 27.4. The van der Waals surface area contributed by atoms with E-state index in [0.717, 1.165) is 6.07 Å². The van der Waals surface area contributed by atoms with E-state index in [4.69, 9.17) is 10.2 Å². The summed E-state index contributed by atoms with van der Waals surface area (Å²) >= 11 is 1.83. The first-order valence-electron chi connectivity index (χ1n) is 5.77. The van der Waals surface area contributed by atoms with Crippen LogP contribution >= 0.6 is 22.6 Å². The molecule has 6 nitrogen and oxygen atoms in total. The molecule has 0 saturated carbocycles. The van der Waals surface area contributed by atoms with Gasteiger partial charge in [0.05, 0.1) is 10.5 Å². The Balaban J connectivity index is 3.17. The lowest BCUT2D eigenvalue weighted by atomic mass is 10.0. The highest BCUT2D eigenvalue weighted by atomic mass is 127. The first-order chi connectivity index (χ1) is 9.09. The average molecular weight is 413 g/mol. The quantitative estimate of drug-likeness (QED) is 0.613. The van der Waals surface area contributed by atoms with Gasteiger partial charge >= 0.3 is 5.97 Å². The van der Waals surface area contributed by atoms with Crippen molar-refractivity contribution in [3.8, 4) is 0 Å². The molecule has 0 heterocycles. The van der Waals surface area contributed by atoms with Crippen molar-refractivity contribution in [2.24, 2.45) is 0 Å². The Bertz CT molecular complexity index is 612. The van der Waals surface area contributed by atoms with Crippen LogP contribution in [0.4, 0.5) is 0 Å². The molecule has 0 spiro atoms. The lowest BCUT2D eigenvalue weighted by molar-refractivity contribution is 0.0695. The zero-order valence-corrected chi connectivity index (χ0v) is 14.0. The van der Waals surface area contributed by atoms with Gasteiger partial charge in [-0.15, -0.1) is 0 Å². The number of carboxylic acids is 1. The summed E-state index contributed by atoms with van der Waals surface area (Å²) in [6.45, 7) is 3.14. The highest BCUT2D eigenvalue weighted by Crippen LogP contribution is 2.20. The van der Waals surface area contributed by atoms with E-state index in [1.807, 2.05) is 22.6 Å². The van der Waals surface area contributed by atoms with Crippen LogP contribution in [-0.2, 0) is 10.0 Å². The molecule has 0 bridgehead atoms. The third kappa shape index (κ3) is 4.40. The average Bonchev–Trinajstić information content (AvgIpc) is 2.26. The number of halogens is 1. The first-order valence-corrected chi connectivity index (χ1v) is 8.33. The molecule has 0 saturated heterocycles. The molecule has 0 aliphatic rings. The number of benzene rings is 1. The molecule has 0 aromatic heterocycles. The Labute approximate surface area is 131 Å². The fourth-order valence-corrected chi connectivity index (χ4v) is 3.62. The molecule has 0 aliphatic carbocycles. The monoisotopic (exact) mass is 413 g/mol. The van der Waals surface area contributed by atoms with Gasteiger partial charge in [0.1, 0.15) is 0 Å². The third-order valence-corrected chi connectivity index (χ3v) is 5.26. The molecular formula is C12H16INO5S. The minimum Gasteiger partial charge on any atom is -0.478 e. The number of aliphatic hydroxyl groups excluding tert-OH is 1. The van der Waals surface area contributed by atoms with Crippen LogP contribution in [0.15, 0.2) is 23.1 Å². The Kier molecular flexibility index (Phi) is 5.53. The maximum absolute atomic E-state index is 12.2. The fraction of sp³-hybridized carbons (Fsp3) is 0.417. The standard InChI is InChI=1S/C12H16INO5S/c1-12(2,5-6-15)14-20(18,19)8-3-4-10(13)9(7-8)11(16)17/h3-4,7,14-15H,5-6H2,1-2H3,(H,16,17). The Morgan fingerprint density at radius 2 is 2.00 bits per heavy atom. The number of hydrogen-bond acceptors (Lipinski definition) is 4. The molecule has 3 N–H and O–H groups in total. The molecule has 112 valence electrons. The largest absolute Gasteiger partial charge is 0.478 e. The van der Waals surface area contributed by atoms with Crippen molar-refractivity contribution in [2.45, 2.75) is 30.7 Å². The van der Waals surface area contributed by atoms with Gasteiger partial charge in [0, 0.05) is 15.7 Å². The Hall–Kier alpha value is -0.710. The number of hydrogen-bond donors (Lipinski definition) is 3. The molecule has 0 amide bonds. The van der Waals surface area contributed by atoms with Crippen molar-refractivity contribution in [1.82, 2.24) is 4.72 Å². The molecule has 8 heteroatoms. The molecule has 1 rings (SSSR count). The number of sulfonamides is 1. The van der Waals surface area contributed by atoms with Crippen LogP contribution in [0.25, 0.3) is 0 Å². The molecular weight excluding hydrogens is 397 g/mol. The van der Waals surface area contributed by atoms with E-state index in [9.17, 15) is 13.2 Å². The van der Waals surface area contributed by atoms with Gasteiger partial charge < -0.3 is 10.2 Å². The van der Waals surface area contributed by atoms with Crippen LogP contribution in [0.3, 0.4) is 0 Å². The normalized spacial score (nSPS) is 12.4. The molecule has 20 heavy (non-hydrogen) atoms. The van der Waals surface area contributed by atoms with Crippen LogP contribution in [-0.4, -0.2) is 36.7 Å². The fourth-order valence-electron chi connectivity index (χ4n) is 1.59. The maximum atomic E-state index is 12.2. The summed E-state index contributed by atoms with van der Waals surface area (Å²) in [5.74, 6) is -1.18. The molecule has 0 unspecified atom stereocenters. The lowest BCUT2D eigenvalue weighted by Crippen LogP contribution is -2.43. The molecule has 1 aromatic rings.